The lowest BCUT2D eigenvalue weighted by Gasteiger charge is -2.22. The third-order valence-corrected chi connectivity index (χ3v) is 17.0. The van der Waals surface area contributed by atoms with Crippen LogP contribution in [0.15, 0.2) is 245 Å². The highest BCUT2D eigenvalue weighted by Crippen LogP contribution is 2.46. The molecule has 1 aliphatic heterocycles. The number of hydrogen-bond acceptors (Lipinski definition) is 4. The van der Waals surface area contributed by atoms with Gasteiger partial charge in [-0.05, 0) is 94.7 Å². The third-order valence-electron chi connectivity index (χ3n) is 15.8. The number of nitrogens with zero attached hydrogens (tertiary/aromatic N) is 4. The molecule has 0 spiro atoms. The molecular weight excluding hydrogens is 933 g/mol. The number of thiophene rings is 1. The fourth-order valence-electron chi connectivity index (χ4n) is 12.4. The number of furan rings is 1. The number of allylic oxidation sites excluding steroid dienone is 1. The van der Waals surface area contributed by atoms with Gasteiger partial charge in [0.25, 0.3) is 0 Å². The normalized spacial score (nSPS) is 16.6. The Kier molecular flexibility index (Phi) is 9.18. The predicted octanol–water partition coefficient (Wildman–Crippen LogP) is 18.8. The molecule has 1 aliphatic rings. The van der Waals surface area contributed by atoms with E-state index in [9.17, 15) is 0 Å². The van der Waals surface area contributed by atoms with Crippen molar-refractivity contribution in [2.75, 3.05) is 0 Å². The summed E-state index contributed by atoms with van der Waals surface area (Å²) in [6.07, 6.45) is 3.07. The zero-order chi connectivity index (χ0) is 49.3. The number of aliphatic imine (C=N–C) groups is 2. The summed E-state index contributed by atoms with van der Waals surface area (Å²) in [4.78, 5) is 12.0. The molecule has 5 nitrogen and oxygen atoms in total. The number of para-hydroxylation sites is 4. The lowest BCUT2D eigenvalue weighted by Crippen LogP contribution is -2.18. The van der Waals surface area contributed by atoms with Crippen LogP contribution in [0.5, 0.6) is 0 Å². The molecule has 0 fully saturated rings. The summed E-state index contributed by atoms with van der Waals surface area (Å²) in [6, 6.07) is 81.3. The van der Waals surface area contributed by atoms with Crippen LogP contribution >= 0.6 is 11.3 Å². The van der Waals surface area contributed by atoms with Gasteiger partial charge in [0, 0.05) is 80.8 Å². The van der Waals surface area contributed by atoms with Crippen molar-refractivity contribution in [1.82, 2.24) is 9.13 Å². The SMILES string of the molecule is CC1C/C=C(c2c(-n3c4cc5ccccc5cc4c4c5ccccc5ccc43)ccc3oc4ccccc4c23)/N=C(c2cccc3c2sc2ccccc23)\N=C/1c1cccc2c3ccccc3n(-c3ccccc3)c12. The van der Waals surface area contributed by atoms with Gasteiger partial charge >= 0.3 is 0 Å². The van der Waals surface area contributed by atoms with Crippen molar-refractivity contribution in [3.63, 3.8) is 0 Å². The van der Waals surface area contributed by atoms with Gasteiger partial charge in [-0.25, -0.2) is 9.98 Å². The van der Waals surface area contributed by atoms with Crippen LogP contribution in [0.2, 0.25) is 0 Å². The quantitative estimate of drug-likeness (QED) is 0.169. The Labute approximate surface area is 434 Å². The van der Waals surface area contributed by atoms with E-state index in [1.807, 2.05) is 11.3 Å². The standard InChI is InChI=1S/C69H44N4OS/c1-41-33-35-55(65-58(37-38-61-64(65)51-25-10-13-31-60(51)74-61)73-57-36-34-42-17-7-8-22-46(42)63(57)54-39-43-18-5-6-19-44(43)40-59(54)73)70-69(53-29-16-27-50-48-24-11-14-32-62(48)75-68(50)53)71-66(41)52-28-15-26-49-47-23-9-12-30-56(47)72(67(49)52)45-20-3-2-4-21-45/h2-32,34-41H,33H2,1H3/b55-35+,70-69-,71-66+. The van der Waals surface area contributed by atoms with Crippen molar-refractivity contribution in [2.24, 2.45) is 15.9 Å². The maximum absolute atomic E-state index is 6.80. The van der Waals surface area contributed by atoms with E-state index in [0.29, 0.717) is 12.3 Å². The first-order valence-electron chi connectivity index (χ1n) is 25.8. The molecule has 0 aliphatic carbocycles. The van der Waals surface area contributed by atoms with E-state index in [4.69, 9.17) is 14.4 Å². The second kappa shape index (κ2) is 16.3. The summed E-state index contributed by atoms with van der Waals surface area (Å²) >= 11 is 1.81. The van der Waals surface area contributed by atoms with Crippen molar-refractivity contribution in [3.05, 3.63) is 247 Å². The van der Waals surface area contributed by atoms with Gasteiger partial charge in [0.1, 0.15) is 11.2 Å². The van der Waals surface area contributed by atoms with Crippen LogP contribution in [0.3, 0.4) is 0 Å². The minimum Gasteiger partial charge on any atom is -0.456 e. The average Bonchev–Trinajstić information content (AvgIpc) is 4.30. The molecule has 6 heteroatoms. The van der Waals surface area contributed by atoms with Crippen LogP contribution in [0, 0.1) is 5.92 Å². The van der Waals surface area contributed by atoms with Gasteiger partial charge in [-0.15, -0.1) is 11.3 Å². The van der Waals surface area contributed by atoms with E-state index in [0.717, 1.165) is 88.2 Å². The van der Waals surface area contributed by atoms with Crippen molar-refractivity contribution < 1.29 is 4.42 Å². The number of aromatic nitrogens is 2. The van der Waals surface area contributed by atoms with E-state index in [1.54, 1.807) is 0 Å². The maximum Gasteiger partial charge on any atom is 0.161 e. The Balaban J connectivity index is 1.03. The van der Waals surface area contributed by atoms with Gasteiger partial charge in [0.15, 0.2) is 5.84 Å². The summed E-state index contributed by atoms with van der Waals surface area (Å²) < 4.78 is 14.1. The van der Waals surface area contributed by atoms with Crippen LogP contribution in [-0.2, 0) is 0 Å². The molecule has 5 heterocycles. The first-order chi connectivity index (χ1) is 37.1. The van der Waals surface area contributed by atoms with E-state index < -0.39 is 0 Å². The van der Waals surface area contributed by atoms with Gasteiger partial charge < -0.3 is 13.6 Å². The second-order valence-electron chi connectivity index (χ2n) is 20.0. The van der Waals surface area contributed by atoms with Gasteiger partial charge in [0.2, 0.25) is 0 Å². The average molecular weight is 977 g/mol. The molecule has 0 N–H and O–H groups in total. The minimum atomic E-state index is -0.0188. The summed E-state index contributed by atoms with van der Waals surface area (Å²) in [5.41, 5.74) is 13.3. The summed E-state index contributed by atoms with van der Waals surface area (Å²) in [5.74, 6) is 0.656. The summed E-state index contributed by atoms with van der Waals surface area (Å²) in [6.45, 7) is 2.34. The maximum atomic E-state index is 6.80. The molecule has 0 saturated heterocycles. The monoisotopic (exact) mass is 976 g/mol. The first-order valence-corrected chi connectivity index (χ1v) is 26.6. The Morgan fingerprint density at radius 1 is 0.467 bits per heavy atom. The van der Waals surface area contributed by atoms with Gasteiger partial charge in [-0.1, -0.05) is 171 Å². The topological polar surface area (TPSA) is 47.7 Å². The van der Waals surface area contributed by atoms with Crippen molar-refractivity contribution in [3.8, 4) is 11.4 Å². The van der Waals surface area contributed by atoms with E-state index in [-0.39, 0.29) is 5.92 Å². The van der Waals surface area contributed by atoms with E-state index >= 15 is 0 Å². The van der Waals surface area contributed by atoms with Gasteiger partial charge in [-0.3, -0.25) is 0 Å². The van der Waals surface area contributed by atoms with Gasteiger partial charge in [-0.2, -0.15) is 0 Å². The molecule has 1 atom stereocenters. The lowest BCUT2D eigenvalue weighted by molar-refractivity contribution is 0.669. The van der Waals surface area contributed by atoms with E-state index in [2.05, 4.69) is 247 Å². The molecule has 4 aromatic heterocycles. The zero-order valence-electron chi connectivity index (χ0n) is 40.8. The number of hydrogen-bond donors (Lipinski definition) is 0. The molecule has 352 valence electrons. The Bertz CT molecular complexity index is 5000. The zero-order valence-corrected chi connectivity index (χ0v) is 41.6. The number of benzene rings is 11. The Hall–Kier alpha value is -9.36. The highest BCUT2D eigenvalue weighted by atomic mass is 32.1. The fraction of sp³-hybridized carbons (Fsp3) is 0.0435. The third kappa shape index (κ3) is 6.30. The molecule has 16 rings (SSSR count). The smallest absolute Gasteiger partial charge is 0.161 e. The van der Waals surface area contributed by atoms with Crippen LogP contribution in [-0.4, -0.2) is 20.7 Å². The molecular formula is C69H44N4OS. The predicted molar refractivity (Wildman–Crippen MR) is 318 cm³/mol. The first kappa shape index (κ1) is 42.2. The minimum absolute atomic E-state index is 0.0188. The van der Waals surface area contributed by atoms with Crippen molar-refractivity contribution >= 4 is 136 Å². The number of amidine groups is 1. The summed E-state index contributed by atoms with van der Waals surface area (Å²) in [7, 11) is 0. The molecule has 11 aromatic carbocycles. The molecule has 0 radical (unpaired) electrons. The van der Waals surface area contributed by atoms with E-state index in [1.165, 1.54) is 58.6 Å². The van der Waals surface area contributed by atoms with Crippen LogP contribution in [0.25, 0.3) is 124 Å². The fourth-order valence-corrected chi connectivity index (χ4v) is 13.6. The molecule has 1 unspecified atom stereocenters. The number of fused-ring (bicyclic) bond motifs is 15. The molecule has 15 aromatic rings. The Morgan fingerprint density at radius 2 is 1.16 bits per heavy atom. The highest BCUT2D eigenvalue weighted by molar-refractivity contribution is 7.26. The highest BCUT2D eigenvalue weighted by Gasteiger charge is 2.28. The van der Waals surface area contributed by atoms with Crippen LogP contribution < -0.4 is 0 Å². The van der Waals surface area contributed by atoms with Crippen LogP contribution in [0.1, 0.15) is 30.0 Å². The molecule has 0 bridgehead atoms. The lowest BCUT2D eigenvalue weighted by atomic mass is 9.91. The van der Waals surface area contributed by atoms with Gasteiger partial charge in [0.05, 0.1) is 39.2 Å². The molecule has 0 amide bonds. The molecule has 75 heavy (non-hydrogen) atoms. The number of rotatable bonds is 5. The second-order valence-corrected chi connectivity index (χ2v) is 21.0. The van der Waals surface area contributed by atoms with Crippen LogP contribution in [0.4, 0.5) is 0 Å². The summed E-state index contributed by atoms with van der Waals surface area (Å²) in [5, 5.41) is 14.2. The van der Waals surface area contributed by atoms with Crippen molar-refractivity contribution in [1.29, 1.82) is 0 Å². The Morgan fingerprint density at radius 3 is 2.03 bits per heavy atom. The largest absolute Gasteiger partial charge is 0.456 e. The molecule has 0 saturated carbocycles. The van der Waals surface area contributed by atoms with Crippen molar-refractivity contribution in [2.45, 2.75) is 13.3 Å².